The van der Waals surface area contributed by atoms with Crippen molar-refractivity contribution in [2.75, 3.05) is 13.7 Å². The molecule has 0 radical (unpaired) electrons. The van der Waals surface area contributed by atoms with E-state index in [1.165, 1.54) is 19.3 Å². The minimum Gasteiger partial charge on any atom is -0.390 e. The zero-order valence-electron chi connectivity index (χ0n) is 16.0. The average molecular weight is 381 g/mol. The van der Waals surface area contributed by atoms with Gasteiger partial charge in [-0.1, -0.05) is 24.4 Å². The normalized spacial score (nSPS) is 26.7. The highest BCUT2D eigenvalue weighted by molar-refractivity contribution is 5.74. The van der Waals surface area contributed by atoms with Crippen LogP contribution < -0.4 is 10.6 Å². The molecular formula is C19H31N3O5. The second kappa shape index (κ2) is 10.1. The summed E-state index contributed by atoms with van der Waals surface area (Å²) in [5.41, 5.74) is 0.810. The van der Waals surface area contributed by atoms with E-state index in [4.69, 9.17) is 14.0 Å². The first-order chi connectivity index (χ1) is 13.1. The number of urea groups is 1. The van der Waals surface area contributed by atoms with Gasteiger partial charge in [0.05, 0.1) is 17.9 Å². The van der Waals surface area contributed by atoms with Gasteiger partial charge in [0.2, 0.25) is 0 Å². The van der Waals surface area contributed by atoms with Gasteiger partial charge in [-0.2, -0.15) is 0 Å². The highest BCUT2D eigenvalue weighted by atomic mass is 16.5. The maximum absolute atomic E-state index is 12.1. The summed E-state index contributed by atoms with van der Waals surface area (Å²) in [5, 5.41) is 20.1. The molecule has 0 spiro atoms. The van der Waals surface area contributed by atoms with Crippen molar-refractivity contribution in [2.45, 2.75) is 82.3 Å². The van der Waals surface area contributed by atoms with Crippen LogP contribution in [0.25, 0.3) is 0 Å². The predicted molar refractivity (Wildman–Crippen MR) is 98.2 cm³/mol. The van der Waals surface area contributed by atoms with Crippen molar-refractivity contribution in [3.63, 3.8) is 0 Å². The maximum Gasteiger partial charge on any atom is 0.315 e. The Morgan fingerprint density at radius 2 is 2.11 bits per heavy atom. The first kappa shape index (κ1) is 20.1. The maximum atomic E-state index is 12.1. The molecule has 8 nitrogen and oxygen atoms in total. The van der Waals surface area contributed by atoms with Crippen molar-refractivity contribution in [1.82, 2.24) is 15.8 Å². The van der Waals surface area contributed by atoms with Crippen LogP contribution in [0.1, 0.15) is 56.4 Å². The lowest BCUT2D eigenvalue weighted by atomic mass is 9.96. The number of ether oxygens (including phenoxy) is 2. The van der Waals surface area contributed by atoms with E-state index in [0.29, 0.717) is 31.8 Å². The summed E-state index contributed by atoms with van der Waals surface area (Å²) in [7, 11) is 1.61. The van der Waals surface area contributed by atoms with Crippen molar-refractivity contribution in [3.05, 3.63) is 17.5 Å². The lowest BCUT2D eigenvalue weighted by Crippen LogP contribution is -2.50. The standard InChI is InChI=1S/C19H31N3O5/c1-25-12-16-10-14(22-27-16)9-15-7-8-17(23)18(26-15)11-20-19(24)21-13-5-3-2-4-6-13/h10,13,15,17-18,23H,2-9,11-12H2,1H3,(H2,20,21,24). The quantitative estimate of drug-likeness (QED) is 0.666. The molecule has 8 heteroatoms. The Bertz CT molecular complexity index is 588. The van der Waals surface area contributed by atoms with Crippen LogP contribution in [0.2, 0.25) is 0 Å². The number of aliphatic hydroxyl groups is 1. The van der Waals surface area contributed by atoms with E-state index in [2.05, 4.69) is 15.8 Å². The fourth-order valence-corrected chi connectivity index (χ4v) is 3.85. The molecule has 2 heterocycles. The second-order valence-electron chi connectivity index (χ2n) is 7.55. The fraction of sp³-hybridized carbons (Fsp3) is 0.789. The molecule has 3 atom stereocenters. The molecule has 1 aliphatic carbocycles. The van der Waals surface area contributed by atoms with Crippen LogP contribution in [0.4, 0.5) is 4.79 Å². The summed E-state index contributed by atoms with van der Waals surface area (Å²) < 4.78 is 16.2. The number of methoxy groups -OCH3 is 1. The fourth-order valence-electron chi connectivity index (χ4n) is 3.85. The Labute approximate surface area is 160 Å². The number of nitrogens with zero attached hydrogens (tertiary/aromatic N) is 1. The van der Waals surface area contributed by atoms with Crippen molar-refractivity contribution in [3.8, 4) is 0 Å². The van der Waals surface area contributed by atoms with Crippen molar-refractivity contribution in [1.29, 1.82) is 0 Å². The number of hydrogen-bond acceptors (Lipinski definition) is 6. The molecule has 1 aromatic rings. The monoisotopic (exact) mass is 381 g/mol. The molecule has 1 aromatic heterocycles. The van der Waals surface area contributed by atoms with Crippen molar-refractivity contribution in [2.24, 2.45) is 0 Å². The number of aromatic nitrogens is 1. The molecule has 1 saturated carbocycles. The first-order valence-corrected chi connectivity index (χ1v) is 9.95. The van der Waals surface area contributed by atoms with Crippen LogP contribution in [0, 0.1) is 0 Å². The molecule has 2 fully saturated rings. The SMILES string of the molecule is COCc1cc(CC2CCC(O)C(CNC(=O)NC3CCCCC3)O2)no1. The summed E-state index contributed by atoms with van der Waals surface area (Å²) in [6.45, 7) is 0.684. The first-order valence-electron chi connectivity index (χ1n) is 9.95. The molecule has 152 valence electrons. The van der Waals surface area contributed by atoms with Crippen LogP contribution in [0.15, 0.2) is 10.6 Å². The third-order valence-corrected chi connectivity index (χ3v) is 5.32. The van der Waals surface area contributed by atoms with Crippen LogP contribution in [-0.4, -0.2) is 54.3 Å². The van der Waals surface area contributed by atoms with E-state index in [-0.39, 0.29) is 18.2 Å². The number of rotatable bonds is 7. The minimum atomic E-state index is -0.572. The lowest BCUT2D eigenvalue weighted by Gasteiger charge is -2.34. The van der Waals surface area contributed by atoms with Gasteiger partial charge in [-0.25, -0.2) is 4.79 Å². The van der Waals surface area contributed by atoms with Crippen molar-refractivity contribution >= 4 is 6.03 Å². The van der Waals surface area contributed by atoms with E-state index in [1.807, 2.05) is 6.07 Å². The summed E-state index contributed by atoms with van der Waals surface area (Å²) in [6, 6.07) is 1.95. The van der Waals surface area contributed by atoms with Crippen LogP contribution in [-0.2, 0) is 22.5 Å². The van der Waals surface area contributed by atoms with Crippen LogP contribution in [0.3, 0.4) is 0 Å². The van der Waals surface area contributed by atoms with E-state index in [9.17, 15) is 9.90 Å². The summed E-state index contributed by atoms with van der Waals surface area (Å²) in [6.07, 6.45) is 6.65. The molecule has 3 rings (SSSR count). The Morgan fingerprint density at radius 1 is 1.30 bits per heavy atom. The number of nitrogens with one attached hydrogen (secondary N) is 2. The summed E-state index contributed by atoms with van der Waals surface area (Å²) in [5.74, 6) is 0.681. The van der Waals surface area contributed by atoms with Crippen LogP contribution in [0.5, 0.6) is 0 Å². The van der Waals surface area contributed by atoms with Gasteiger partial charge in [0.15, 0.2) is 5.76 Å². The molecule has 3 unspecified atom stereocenters. The number of carbonyl (C=O) groups is 1. The number of amides is 2. The third-order valence-electron chi connectivity index (χ3n) is 5.32. The highest BCUT2D eigenvalue weighted by Crippen LogP contribution is 2.23. The van der Waals surface area contributed by atoms with Crippen molar-refractivity contribution < 1.29 is 23.9 Å². The molecule has 27 heavy (non-hydrogen) atoms. The lowest BCUT2D eigenvalue weighted by molar-refractivity contribution is -0.113. The minimum absolute atomic E-state index is 0.0536. The summed E-state index contributed by atoms with van der Waals surface area (Å²) in [4.78, 5) is 12.1. The van der Waals surface area contributed by atoms with Gasteiger partial charge in [-0.05, 0) is 25.7 Å². The Balaban J connectivity index is 1.42. The smallest absolute Gasteiger partial charge is 0.315 e. The van der Waals surface area contributed by atoms with Gasteiger partial charge in [0.1, 0.15) is 12.7 Å². The van der Waals surface area contributed by atoms with Crippen LogP contribution >= 0.6 is 0 Å². The van der Waals surface area contributed by atoms with Gasteiger partial charge in [0.25, 0.3) is 0 Å². The van der Waals surface area contributed by atoms with Gasteiger partial charge >= 0.3 is 6.03 Å². The molecular weight excluding hydrogens is 350 g/mol. The topological polar surface area (TPSA) is 106 Å². The number of carbonyl (C=O) groups excluding carboxylic acids is 1. The van der Waals surface area contributed by atoms with Gasteiger partial charge in [0, 0.05) is 32.2 Å². The Hall–Kier alpha value is -1.64. The van der Waals surface area contributed by atoms with Gasteiger partial charge in [-0.3, -0.25) is 0 Å². The molecule has 0 aromatic carbocycles. The molecule has 3 N–H and O–H groups in total. The van der Waals surface area contributed by atoms with Gasteiger partial charge < -0.3 is 29.7 Å². The summed E-state index contributed by atoms with van der Waals surface area (Å²) >= 11 is 0. The van der Waals surface area contributed by atoms with E-state index < -0.39 is 12.2 Å². The Morgan fingerprint density at radius 3 is 2.89 bits per heavy atom. The predicted octanol–water partition coefficient (Wildman–Crippen LogP) is 1.90. The van der Waals surface area contributed by atoms with Gasteiger partial charge in [-0.15, -0.1) is 0 Å². The molecule has 2 aliphatic rings. The molecule has 1 aliphatic heterocycles. The highest BCUT2D eigenvalue weighted by Gasteiger charge is 2.31. The largest absolute Gasteiger partial charge is 0.390 e. The zero-order valence-corrected chi connectivity index (χ0v) is 16.0. The second-order valence-corrected chi connectivity index (χ2v) is 7.55. The number of hydrogen-bond donors (Lipinski definition) is 3. The molecule has 2 amide bonds. The zero-order chi connectivity index (χ0) is 19.1. The average Bonchev–Trinajstić information content (AvgIpc) is 3.10. The van der Waals surface area contributed by atoms with E-state index in [0.717, 1.165) is 25.0 Å². The number of aliphatic hydroxyl groups excluding tert-OH is 1. The molecule has 0 bridgehead atoms. The van der Waals surface area contributed by atoms with E-state index in [1.54, 1.807) is 7.11 Å². The third kappa shape index (κ3) is 6.19. The Kier molecular flexibility index (Phi) is 7.49. The van der Waals surface area contributed by atoms with E-state index >= 15 is 0 Å². The molecule has 1 saturated heterocycles.